The van der Waals surface area contributed by atoms with Crippen LogP contribution in [0, 0.1) is 0 Å². The number of amides is 2. The molecule has 1 aromatic carbocycles. The number of rotatable bonds is 10. The molecule has 2 amide bonds. The van der Waals surface area contributed by atoms with Crippen molar-refractivity contribution in [3.63, 3.8) is 0 Å². The third kappa shape index (κ3) is 6.87. The number of hydrogen-bond acceptors (Lipinski definition) is 5. The van der Waals surface area contributed by atoms with Crippen LogP contribution in [-0.2, 0) is 16.0 Å². The average Bonchev–Trinajstić information content (AvgIpc) is 2.75. The first kappa shape index (κ1) is 20.8. The fraction of sp³-hybridized carbons (Fsp3) is 0.409. The van der Waals surface area contributed by atoms with Crippen LogP contribution >= 0.6 is 0 Å². The third-order valence-corrected chi connectivity index (χ3v) is 4.90. The van der Waals surface area contributed by atoms with Gasteiger partial charge in [-0.2, -0.15) is 0 Å². The zero-order valence-electron chi connectivity index (χ0n) is 16.5. The van der Waals surface area contributed by atoms with E-state index in [1.807, 2.05) is 30.3 Å². The average molecular weight is 396 g/mol. The molecule has 1 saturated heterocycles. The third-order valence-electron chi connectivity index (χ3n) is 4.90. The molecule has 0 bridgehead atoms. The summed E-state index contributed by atoms with van der Waals surface area (Å²) in [6.45, 7) is 3.15. The standard InChI is InChI=1S/C22H28N4O3/c27-21(24-11-5-15-29-19-8-4-10-23-17-19)16-20-22(28)25-12-14-26(20)13-9-18-6-2-1-3-7-18/h1-4,6-8,10,17,20H,5,9,11-16H2,(H,24,27)(H,25,28). The molecule has 1 aliphatic heterocycles. The van der Waals surface area contributed by atoms with E-state index < -0.39 is 6.04 Å². The monoisotopic (exact) mass is 396 g/mol. The molecule has 7 nitrogen and oxygen atoms in total. The van der Waals surface area contributed by atoms with E-state index in [1.54, 1.807) is 12.4 Å². The first-order chi connectivity index (χ1) is 14.2. The van der Waals surface area contributed by atoms with Gasteiger partial charge in [-0.15, -0.1) is 0 Å². The molecule has 0 aliphatic carbocycles. The Bertz CT molecular complexity index is 770. The molecule has 0 spiro atoms. The molecule has 0 radical (unpaired) electrons. The predicted octanol–water partition coefficient (Wildman–Crippen LogP) is 1.40. The number of nitrogens with zero attached hydrogens (tertiary/aromatic N) is 2. The number of pyridine rings is 1. The van der Waals surface area contributed by atoms with Crippen LogP contribution in [0.3, 0.4) is 0 Å². The number of carbonyl (C=O) groups excluding carboxylic acids is 2. The molecule has 2 aromatic rings. The van der Waals surface area contributed by atoms with Crippen LogP contribution in [-0.4, -0.2) is 60.5 Å². The number of benzene rings is 1. The second kappa shape index (κ2) is 11.2. The molecule has 2 N–H and O–H groups in total. The molecule has 0 saturated carbocycles. The van der Waals surface area contributed by atoms with Gasteiger partial charge in [0, 0.05) is 32.4 Å². The van der Waals surface area contributed by atoms with Gasteiger partial charge >= 0.3 is 0 Å². The highest BCUT2D eigenvalue weighted by molar-refractivity contribution is 5.88. The van der Waals surface area contributed by atoms with Gasteiger partial charge in [0.15, 0.2) is 0 Å². The smallest absolute Gasteiger partial charge is 0.237 e. The van der Waals surface area contributed by atoms with Crippen molar-refractivity contribution < 1.29 is 14.3 Å². The van der Waals surface area contributed by atoms with E-state index in [2.05, 4.69) is 32.7 Å². The van der Waals surface area contributed by atoms with Gasteiger partial charge in [0.1, 0.15) is 5.75 Å². The zero-order chi connectivity index (χ0) is 20.3. The number of nitrogens with one attached hydrogen (secondary N) is 2. The Morgan fingerprint density at radius 3 is 2.90 bits per heavy atom. The Morgan fingerprint density at radius 2 is 2.10 bits per heavy atom. The number of hydrogen-bond donors (Lipinski definition) is 2. The minimum Gasteiger partial charge on any atom is -0.492 e. The lowest BCUT2D eigenvalue weighted by Crippen LogP contribution is -2.56. The fourth-order valence-electron chi connectivity index (χ4n) is 3.34. The van der Waals surface area contributed by atoms with E-state index in [4.69, 9.17) is 4.74 Å². The van der Waals surface area contributed by atoms with Crippen molar-refractivity contribution in [2.75, 3.05) is 32.8 Å². The van der Waals surface area contributed by atoms with Crippen molar-refractivity contribution in [2.45, 2.75) is 25.3 Å². The second-order valence-electron chi connectivity index (χ2n) is 7.02. The highest BCUT2D eigenvalue weighted by Crippen LogP contribution is 2.11. The van der Waals surface area contributed by atoms with Gasteiger partial charge in [-0.25, -0.2) is 0 Å². The number of carbonyl (C=O) groups is 2. The van der Waals surface area contributed by atoms with Crippen LogP contribution in [0.15, 0.2) is 54.9 Å². The van der Waals surface area contributed by atoms with E-state index >= 15 is 0 Å². The molecule has 3 rings (SSSR count). The summed E-state index contributed by atoms with van der Waals surface area (Å²) in [4.78, 5) is 30.8. The summed E-state index contributed by atoms with van der Waals surface area (Å²) in [5.41, 5.74) is 1.23. The highest BCUT2D eigenvalue weighted by Gasteiger charge is 2.31. The maximum atomic E-state index is 12.3. The van der Waals surface area contributed by atoms with Gasteiger partial charge in [0.05, 0.1) is 25.3 Å². The van der Waals surface area contributed by atoms with Crippen LogP contribution < -0.4 is 15.4 Å². The maximum absolute atomic E-state index is 12.3. The Labute approximate surface area is 171 Å². The fourth-order valence-corrected chi connectivity index (χ4v) is 3.34. The molecule has 1 aliphatic rings. The summed E-state index contributed by atoms with van der Waals surface area (Å²) in [5.74, 6) is 0.532. The summed E-state index contributed by atoms with van der Waals surface area (Å²) in [7, 11) is 0. The lowest BCUT2D eigenvalue weighted by molar-refractivity contribution is -0.133. The first-order valence-electron chi connectivity index (χ1n) is 10.1. The summed E-state index contributed by atoms with van der Waals surface area (Å²) in [5, 5.41) is 5.76. The SMILES string of the molecule is O=C(CC1C(=O)NCCN1CCc1ccccc1)NCCCOc1cccnc1. The van der Waals surface area contributed by atoms with Gasteiger partial charge in [0.2, 0.25) is 11.8 Å². The van der Waals surface area contributed by atoms with Crippen molar-refractivity contribution in [3.05, 3.63) is 60.4 Å². The molecule has 1 aromatic heterocycles. The molecule has 7 heteroatoms. The Balaban J connectivity index is 1.39. The van der Waals surface area contributed by atoms with Crippen LogP contribution in [0.25, 0.3) is 0 Å². The van der Waals surface area contributed by atoms with Crippen molar-refractivity contribution in [1.82, 2.24) is 20.5 Å². The number of aromatic nitrogens is 1. The Hall–Kier alpha value is -2.93. The van der Waals surface area contributed by atoms with Crippen LogP contribution in [0.1, 0.15) is 18.4 Å². The predicted molar refractivity (Wildman–Crippen MR) is 110 cm³/mol. The molecule has 1 atom stereocenters. The molecular formula is C22H28N4O3. The van der Waals surface area contributed by atoms with E-state index in [0.29, 0.717) is 31.9 Å². The normalized spacial score (nSPS) is 16.8. The van der Waals surface area contributed by atoms with Crippen molar-refractivity contribution in [2.24, 2.45) is 0 Å². The first-order valence-corrected chi connectivity index (χ1v) is 10.1. The van der Waals surface area contributed by atoms with Gasteiger partial charge in [-0.1, -0.05) is 30.3 Å². The largest absolute Gasteiger partial charge is 0.492 e. The van der Waals surface area contributed by atoms with Crippen LogP contribution in [0.4, 0.5) is 0 Å². The maximum Gasteiger partial charge on any atom is 0.237 e. The molecule has 1 unspecified atom stereocenters. The van der Waals surface area contributed by atoms with Crippen LogP contribution in [0.5, 0.6) is 5.75 Å². The molecular weight excluding hydrogens is 368 g/mol. The number of piperazine rings is 1. The van der Waals surface area contributed by atoms with Gasteiger partial charge in [0.25, 0.3) is 0 Å². The Kier molecular flexibility index (Phi) is 8.01. The lowest BCUT2D eigenvalue weighted by Gasteiger charge is -2.34. The summed E-state index contributed by atoms with van der Waals surface area (Å²) < 4.78 is 5.56. The van der Waals surface area contributed by atoms with Gasteiger partial charge in [-0.3, -0.25) is 19.5 Å². The van der Waals surface area contributed by atoms with Gasteiger partial charge < -0.3 is 15.4 Å². The Morgan fingerprint density at radius 1 is 1.24 bits per heavy atom. The zero-order valence-corrected chi connectivity index (χ0v) is 16.5. The van der Waals surface area contributed by atoms with E-state index in [-0.39, 0.29) is 18.2 Å². The second-order valence-corrected chi connectivity index (χ2v) is 7.02. The lowest BCUT2D eigenvalue weighted by atomic mass is 10.1. The minimum absolute atomic E-state index is 0.0700. The summed E-state index contributed by atoms with van der Waals surface area (Å²) in [6, 6.07) is 13.4. The van der Waals surface area contributed by atoms with Crippen molar-refractivity contribution in [1.29, 1.82) is 0 Å². The quantitative estimate of drug-likeness (QED) is 0.593. The summed E-state index contributed by atoms with van der Waals surface area (Å²) >= 11 is 0. The summed E-state index contributed by atoms with van der Waals surface area (Å²) in [6.07, 6.45) is 5.07. The molecule has 154 valence electrons. The van der Waals surface area contributed by atoms with E-state index in [9.17, 15) is 9.59 Å². The minimum atomic E-state index is -0.417. The molecule has 1 fully saturated rings. The topological polar surface area (TPSA) is 83.6 Å². The van der Waals surface area contributed by atoms with Gasteiger partial charge in [-0.05, 0) is 30.5 Å². The van der Waals surface area contributed by atoms with E-state index in [0.717, 1.165) is 19.5 Å². The number of ether oxygens (including phenoxy) is 1. The van der Waals surface area contributed by atoms with Crippen LogP contribution in [0.2, 0.25) is 0 Å². The van der Waals surface area contributed by atoms with Crippen molar-refractivity contribution in [3.8, 4) is 5.75 Å². The van der Waals surface area contributed by atoms with Crippen molar-refractivity contribution >= 4 is 11.8 Å². The van der Waals surface area contributed by atoms with E-state index in [1.165, 1.54) is 5.56 Å². The highest BCUT2D eigenvalue weighted by atomic mass is 16.5. The molecule has 2 heterocycles. The molecule has 29 heavy (non-hydrogen) atoms.